The molecule has 1 aromatic heterocycles. The van der Waals surface area contributed by atoms with Gasteiger partial charge >= 0.3 is 0 Å². The first-order valence-corrected chi connectivity index (χ1v) is 4.70. The van der Waals surface area contributed by atoms with E-state index in [1.54, 1.807) is 0 Å². The quantitative estimate of drug-likeness (QED) is 0.447. The first kappa shape index (κ1) is 11.8. The van der Waals surface area contributed by atoms with Crippen molar-refractivity contribution in [2.45, 2.75) is 0 Å². The Bertz CT molecular complexity index is 589. The molecule has 0 N–H and O–H groups in total. The fourth-order valence-corrected chi connectivity index (χ4v) is 1.38. The minimum atomic E-state index is -1.70. The van der Waals surface area contributed by atoms with Crippen LogP contribution in [0.1, 0.15) is 0 Å². The van der Waals surface area contributed by atoms with E-state index in [1.165, 1.54) is 0 Å². The van der Waals surface area contributed by atoms with Gasteiger partial charge in [0.2, 0.25) is 5.28 Å². The molecule has 0 unspecified atom stereocenters. The normalized spacial score (nSPS) is 10.6. The molecule has 0 fully saturated rings. The number of benzene rings is 1. The zero-order valence-corrected chi connectivity index (χ0v) is 8.77. The van der Waals surface area contributed by atoms with Gasteiger partial charge in [-0.2, -0.15) is 0 Å². The molecule has 0 saturated heterocycles. The lowest BCUT2D eigenvalue weighted by Crippen LogP contribution is -1.99. The minimum absolute atomic E-state index is 0.328. The van der Waals surface area contributed by atoms with E-state index in [0.717, 1.165) is 6.07 Å². The van der Waals surface area contributed by atoms with E-state index >= 15 is 0 Å². The van der Waals surface area contributed by atoms with Gasteiger partial charge in [0, 0.05) is 5.56 Å². The van der Waals surface area contributed by atoms with Crippen molar-refractivity contribution in [3.8, 4) is 11.3 Å². The van der Waals surface area contributed by atoms with Crippen molar-refractivity contribution in [2.75, 3.05) is 0 Å². The molecule has 2 rings (SSSR count). The lowest BCUT2D eigenvalue weighted by atomic mass is 10.1. The topological polar surface area (TPSA) is 25.8 Å². The number of hydrogen-bond acceptors (Lipinski definition) is 2. The largest absolute Gasteiger partial charge is 0.223 e. The summed E-state index contributed by atoms with van der Waals surface area (Å²) in [6.45, 7) is 0. The number of rotatable bonds is 1. The highest BCUT2D eigenvalue weighted by Gasteiger charge is 2.18. The van der Waals surface area contributed by atoms with Crippen LogP contribution in [-0.2, 0) is 0 Å². The molecule has 0 aliphatic rings. The zero-order chi connectivity index (χ0) is 12.6. The third kappa shape index (κ3) is 2.08. The number of nitrogens with zero attached hydrogens (tertiary/aromatic N) is 2. The molecule has 2 nitrogen and oxygen atoms in total. The first-order valence-electron chi connectivity index (χ1n) is 4.32. The van der Waals surface area contributed by atoms with Gasteiger partial charge in [-0.1, -0.05) is 0 Å². The molecule has 0 amide bonds. The Morgan fingerprint density at radius 1 is 0.941 bits per heavy atom. The van der Waals surface area contributed by atoms with Gasteiger partial charge in [0.15, 0.2) is 23.3 Å². The van der Waals surface area contributed by atoms with Crippen LogP contribution in [0, 0.1) is 23.3 Å². The minimum Gasteiger partial charge on any atom is -0.223 e. The molecule has 7 heteroatoms. The Morgan fingerprint density at radius 3 is 2.35 bits per heavy atom. The van der Waals surface area contributed by atoms with Gasteiger partial charge in [-0.05, 0) is 23.7 Å². The maximum Gasteiger partial charge on any atom is 0.223 e. The van der Waals surface area contributed by atoms with Crippen LogP contribution in [0.5, 0.6) is 0 Å². The van der Waals surface area contributed by atoms with E-state index in [2.05, 4.69) is 9.97 Å². The summed E-state index contributed by atoms with van der Waals surface area (Å²) in [6.07, 6.45) is 0.714. The van der Waals surface area contributed by atoms with Crippen molar-refractivity contribution in [3.05, 3.63) is 46.9 Å². The SMILES string of the molecule is Fc1cnc(Cl)nc1-c1ccc(F)c(F)c1F. The summed E-state index contributed by atoms with van der Waals surface area (Å²) in [4.78, 5) is 6.75. The lowest BCUT2D eigenvalue weighted by Gasteiger charge is -2.05. The molecule has 0 aliphatic carbocycles. The molecule has 1 heterocycles. The number of aromatic nitrogens is 2. The van der Waals surface area contributed by atoms with Gasteiger partial charge in [-0.25, -0.2) is 27.5 Å². The van der Waals surface area contributed by atoms with E-state index in [4.69, 9.17) is 11.6 Å². The van der Waals surface area contributed by atoms with Crippen molar-refractivity contribution in [2.24, 2.45) is 0 Å². The maximum absolute atomic E-state index is 13.4. The highest BCUT2D eigenvalue weighted by molar-refractivity contribution is 6.28. The monoisotopic (exact) mass is 262 g/mol. The molecule has 0 spiro atoms. The summed E-state index contributed by atoms with van der Waals surface area (Å²) in [5, 5.41) is -0.328. The predicted octanol–water partition coefficient (Wildman–Crippen LogP) is 3.35. The van der Waals surface area contributed by atoms with Gasteiger partial charge in [0.1, 0.15) is 5.69 Å². The summed E-state index contributed by atoms with van der Waals surface area (Å²) < 4.78 is 52.3. The second-order valence-corrected chi connectivity index (χ2v) is 3.40. The van der Waals surface area contributed by atoms with Crippen LogP contribution in [0.3, 0.4) is 0 Å². The first-order chi connectivity index (χ1) is 8.00. The molecule has 0 atom stereocenters. The van der Waals surface area contributed by atoms with Gasteiger partial charge in [0.05, 0.1) is 6.20 Å². The van der Waals surface area contributed by atoms with E-state index in [1.807, 2.05) is 0 Å². The van der Waals surface area contributed by atoms with Crippen LogP contribution in [0.15, 0.2) is 18.3 Å². The summed E-state index contributed by atoms with van der Waals surface area (Å²) in [5.74, 6) is -5.58. The molecule has 1 aromatic carbocycles. The maximum atomic E-state index is 13.4. The molecule has 0 aliphatic heterocycles. The molecule has 17 heavy (non-hydrogen) atoms. The molecule has 0 saturated carbocycles. The van der Waals surface area contributed by atoms with E-state index < -0.39 is 34.5 Å². The van der Waals surface area contributed by atoms with E-state index in [-0.39, 0.29) is 5.28 Å². The Kier molecular flexibility index (Phi) is 2.97. The van der Waals surface area contributed by atoms with Crippen molar-refractivity contribution in [1.29, 1.82) is 0 Å². The molecule has 88 valence electrons. The van der Waals surface area contributed by atoms with Gasteiger partial charge in [-0.15, -0.1) is 0 Å². The molecule has 0 radical (unpaired) electrons. The van der Waals surface area contributed by atoms with Crippen molar-refractivity contribution < 1.29 is 17.6 Å². The Morgan fingerprint density at radius 2 is 1.65 bits per heavy atom. The second-order valence-electron chi connectivity index (χ2n) is 3.06. The third-order valence-corrected chi connectivity index (χ3v) is 2.19. The number of hydrogen-bond donors (Lipinski definition) is 0. The van der Waals surface area contributed by atoms with Crippen molar-refractivity contribution in [3.63, 3.8) is 0 Å². The van der Waals surface area contributed by atoms with Crippen LogP contribution in [0.2, 0.25) is 5.28 Å². The molecule has 2 aromatic rings. The summed E-state index contributed by atoms with van der Waals surface area (Å²) >= 11 is 5.41. The smallest absolute Gasteiger partial charge is 0.223 e. The average molecular weight is 263 g/mol. The van der Waals surface area contributed by atoms with Crippen molar-refractivity contribution >= 4 is 11.6 Å². The molecular weight excluding hydrogens is 260 g/mol. The third-order valence-electron chi connectivity index (χ3n) is 2.01. The second kappa shape index (κ2) is 4.29. The lowest BCUT2D eigenvalue weighted by molar-refractivity contribution is 0.448. The molecular formula is C10H3ClF4N2. The van der Waals surface area contributed by atoms with Crippen LogP contribution in [-0.4, -0.2) is 9.97 Å². The Labute approximate surface area is 97.9 Å². The summed E-state index contributed by atoms with van der Waals surface area (Å²) in [6, 6.07) is 1.54. The van der Waals surface area contributed by atoms with Crippen molar-refractivity contribution in [1.82, 2.24) is 9.97 Å². The zero-order valence-electron chi connectivity index (χ0n) is 8.02. The standard InChI is InChI=1S/C10H3ClF4N2/c11-10-16-3-6(13)9(17-10)4-1-2-5(12)8(15)7(4)14/h1-3H. The fraction of sp³-hybridized carbons (Fsp3) is 0. The summed E-state index contributed by atoms with van der Waals surface area (Å²) in [7, 11) is 0. The average Bonchev–Trinajstić information content (AvgIpc) is 2.30. The van der Waals surface area contributed by atoms with Crippen LogP contribution >= 0.6 is 11.6 Å². The predicted molar refractivity (Wildman–Crippen MR) is 52.3 cm³/mol. The molecule has 0 bridgehead atoms. The summed E-state index contributed by atoms with van der Waals surface area (Å²) in [5.41, 5.74) is -1.05. The Hall–Kier alpha value is -1.69. The van der Waals surface area contributed by atoms with E-state index in [0.29, 0.717) is 12.3 Å². The van der Waals surface area contributed by atoms with Gasteiger partial charge in [0.25, 0.3) is 0 Å². The van der Waals surface area contributed by atoms with Crippen LogP contribution in [0.4, 0.5) is 17.6 Å². The van der Waals surface area contributed by atoms with E-state index in [9.17, 15) is 17.6 Å². The highest BCUT2D eigenvalue weighted by atomic mass is 35.5. The van der Waals surface area contributed by atoms with Crippen LogP contribution < -0.4 is 0 Å². The fourth-order valence-electron chi connectivity index (χ4n) is 1.24. The van der Waals surface area contributed by atoms with Gasteiger partial charge < -0.3 is 0 Å². The van der Waals surface area contributed by atoms with Crippen LogP contribution in [0.25, 0.3) is 11.3 Å². The Balaban J connectivity index is 2.69. The van der Waals surface area contributed by atoms with Gasteiger partial charge in [-0.3, -0.25) is 0 Å². The highest BCUT2D eigenvalue weighted by Crippen LogP contribution is 2.26. The number of halogens is 5.